The molecule has 80 valence electrons. The highest BCUT2D eigenvalue weighted by molar-refractivity contribution is 5.89. The van der Waals surface area contributed by atoms with Crippen molar-refractivity contribution in [1.29, 1.82) is 0 Å². The minimum absolute atomic E-state index is 0.0330. The number of carbonyl (C=O) groups is 1. The Hall–Kier alpha value is -1.51. The highest BCUT2D eigenvalue weighted by Gasteiger charge is 2.20. The predicted octanol–water partition coefficient (Wildman–Crippen LogP) is 2.47. The van der Waals surface area contributed by atoms with Crippen LogP contribution in [0.5, 0.6) is 0 Å². The van der Waals surface area contributed by atoms with Crippen molar-refractivity contribution in [3.05, 3.63) is 24.3 Å². The molecule has 0 radical (unpaired) electrons. The molecule has 1 aliphatic carbocycles. The van der Waals surface area contributed by atoms with Crippen molar-refractivity contribution in [2.24, 2.45) is 5.92 Å². The van der Waals surface area contributed by atoms with Crippen LogP contribution < -0.4 is 10.6 Å². The molecule has 15 heavy (non-hydrogen) atoms. The highest BCUT2D eigenvalue weighted by Crippen LogP contribution is 2.29. The number of hydrogen-bond acceptors (Lipinski definition) is 2. The van der Waals surface area contributed by atoms with E-state index in [1.54, 1.807) is 0 Å². The summed E-state index contributed by atoms with van der Waals surface area (Å²) >= 11 is 0. The number of hydrogen-bond donors (Lipinski definition) is 2. The molecule has 0 heterocycles. The average Bonchev–Trinajstić information content (AvgIpc) is 2.97. The maximum Gasteiger partial charge on any atom is 0.221 e. The molecule has 1 amide bonds. The first-order chi connectivity index (χ1) is 7.24. The summed E-state index contributed by atoms with van der Waals surface area (Å²) in [6.45, 7) is 2.56. The molecule has 1 aliphatic rings. The Morgan fingerprint density at radius 3 is 2.80 bits per heavy atom. The van der Waals surface area contributed by atoms with Gasteiger partial charge in [-0.05, 0) is 37.0 Å². The summed E-state index contributed by atoms with van der Waals surface area (Å²) < 4.78 is 0. The molecular formula is C12H16N2O. The average molecular weight is 204 g/mol. The molecule has 0 aromatic heterocycles. The number of nitrogens with one attached hydrogen (secondary N) is 2. The monoisotopic (exact) mass is 204 g/mol. The second-order valence-corrected chi connectivity index (χ2v) is 4.09. The molecule has 0 atom stereocenters. The first kappa shape index (κ1) is 10.0. The zero-order valence-corrected chi connectivity index (χ0v) is 8.92. The topological polar surface area (TPSA) is 41.1 Å². The minimum Gasteiger partial charge on any atom is -0.385 e. The molecule has 3 heteroatoms. The summed E-state index contributed by atoms with van der Waals surface area (Å²) in [5.74, 6) is 0.823. The van der Waals surface area contributed by atoms with E-state index in [0.29, 0.717) is 0 Å². The SMILES string of the molecule is CC(=O)Nc1cccc(NCC2CC2)c1. The number of amides is 1. The van der Waals surface area contributed by atoms with Gasteiger partial charge in [-0.25, -0.2) is 0 Å². The lowest BCUT2D eigenvalue weighted by Crippen LogP contribution is -2.07. The van der Waals surface area contributed by atoms with Crippen molar-refractivity contribution in [2.45, 2.75) is 19.8 Å². The second kappa shape index (κ2) is 4.34. The molecule has 1 fully saturated rings. The fourth-order valence-corrected chi connectivity index (χ4v) is 1.49. The van der Waals surface area contributed by atoms with Crippen LogP contribution in [0.3, 0.4) is 0 Å². The lowest BCUT2D eigenvalue weighted by atomic mass is 10.2. The molecule has 0 aliphatic heterocycles. The Labute approximate surface area is 89.9 Å². The van der Waals surface area contributed by atoms with E-state index >= 15 is 0 Å². The van der Waals surface area contributed by atoms with Crippen LogP contribution in [0.2, 0.25) is 0 Å². The van der Waals surface area contributed by atoms with E-state index < -0.39 is 0 Å². The van der Waals surface area contributed by atoms with Crippen molar-refractivity contribution < 1.29 is 4.79 Å². The molecule has 2 N–H and O–H groups in total. The van der Waals surface area contributed by atoms with Crippen LogP contribution in [0.4, 0.5) is 11.4 Å². The van der Waals surface area contributed by atoms with Gasteiger partial charge in [0.25, 0.3) is 0 Å². The zero-order valence-electron chi connectivity index (χ0n) is 8.92. The Bertz CT molecular complexity index is 358. The molecule has 1 saturated carbocycles. The van der Waals surface area contributed by atoms with Crippen LogP contribution in [-0.2, 0) is 4.79 Å². The van der Waals surface area contributed by atoms with Gasteiger partial charge in [0.1, 0.15) is 0 Å². The van der Waals surface area contributed by atoms with Gasteiger partial charge in [-0.3, -0.25) is 4.79 Å². The van der Waals surface area contributed by atoms with Crippen molar-refractivity contribution in [3.63, 3.8) is 0 Å². The van der Waals surface area contributed by atoms with Gasteiger partial charge >= 0.3 is 0 Å². The molecule has 1 aromatic rings. The van der Waals surface area contributed by atoms with Crippen molar-refractivity contribution in [1.82, 2.24) is 0 Å². The summed E-state index contributed by atoms with van der Waals surface area (Å²) in [5, 5.41) is 6.14. The van der Waals surface area contributed by atoms with Gasteiger partial charge in [-0.2, -0.15) is 0 Å². The summed E-state index contributed by atoms with van der Waals surface area (Å²) in [4.78, 5) is 10.9. The van der Waals surface area contributed by atoms with E-state index in [0.717, 1.165) is 23.8 Å². The first-order valence-electron chi connectivity index (χ1n) is 5.35. The van der Waals surface area contributed by atoms with E-state index in [-0.39, 0.29) is 5.91 Å². The van der Waals surface area contributed by atoms with Gasteiger partial charge in [0.15, 0.2) is 0 Å². The van der Waals surface area contributed by atoms with Crippen LogP contribution in [0.25, 0.3) is 0 Å². The molecule has 0 unspecified atom stereocenters. The van der Waals surface area contributed by atoms with Crippen LogP contribution in [0, 0.1) is 5.92 Å². The van der Waals surface area contributed by atoms with Gasteiger partial charge in [-0.15, -0.1) is 0 Å². The first-order valence-corrected chi connectivity index (χ1v) is 5.35. The highest BCUT2D eigenvalue weighted by atomic mass is 16.1. The molecule has 0 spiro atoms. The van der Waals surface area contributed by atoms with E-state index in [1.165, 1.54) is 19.8 Å². The van der Waals surface area contributed by atoms with Crippen LogP contribution in [-0.4, -0.2) is 12.5 Å². The quantitative estimate of drug-likeness (QED) is 0.791. The van der Waals surface area contributed by atoms with Gasteiger partial charge in [0.2, 0.25) is 5.91 Å². The maximum atomic E-state index is 10.9. The lowest BCUT2D eigenvalue weighted by Gasteiger charge is -2.07. The third-order valence-corrected chi connectivity index (χ3v) is 2.47. The van der Waals surface area contributed by atoms with E-state index in [9.17, 15) is 4.79 Å². The number of benzene rings is 1. The smallest absolute Gasteiger partial charge is 0.221 e. The Balaban J connectivity index is 1.94. The number of carbonyl (C=O) groups excluding carboxylic acids is 1. The zero-order chi connectivity index (χ0) is 10.7. The Morgan fingerprint density at radius 1 is 1.40 bits per heavy atom. The molecule has 3 nitrogen and oxygen atoms in total. The number of anilines is 2. The van der Waals surface area contributed by atoms with Crippen molar-refractivity contribution in [2.75, 3.05) is 17.2 Å². The van der Waals surface area contributed by atoms with Gasteiger partial charge in [0.05, 0.1) is 0 Å². The van der Waals surface area contributed by atoms with Gasteiger partial charge < -0.3 is 10.6 Å². The fourth-order valence-electron chi connectivity index (χ4n) is 1.49. The van der Waals surface area contributed by atoms with E-state index in [4.69, 9.17) is 0 Å². The summed E-state index contributed by atoms with van der Waals surface area (Å²) in [5.41, 5.74) is 1.93. The molecular weight excluding hydrogens is 188 g/mol. The Kier molecular flexibility index (Phi) is 2.90. The minimum atomic E-state index is -0.0330. The van der Waals surface area contributed by atoms with E-state index in [2.05, 4.69) is 10.6 Å². The second-order valence-electron chi connectivity index (χ2n) is 4.09. The molecule has 0 saturated heterocycles. The van der Waals surface area contributed by atoms with Crippen LogP contribution in [0.15, 0.2) is 24.3 Å². The third kappa shape index (κ3) is 3.27. The van der Waals surface area contributed by atoms with Gasteiger partial charge in [-0.1, -0.05) is 6.07 Å². The fraction of sp³-hybridized carbons (Fsp3) is 0.417. The van der Waals surface area contributed by atoms with Gasteiger partial charge in [0, 0.05) is 24.8 Å². The lowest BCUT2D eigenvalue weighted by molar-refractivity contribution is -0.114. The largest absolute Gasteiger partial charge is 0.385 e. The van der Waals surface area contributed by atoms with Crippen molar-refractivity contribution >= 4 is 17.3 Å². The standard InChI is InChI=1S/C12H16N2O/c1-9(15)14-12-4-2-3-11(7-12)13-8-10-5-6-10/h2-4,7,10,13H,5-6,8H2,1H3,(H,14,15). The van der Waals surface area contributed by atoms with Crippen LogP contribution >= 0.6 is 0 Å². The Morgan fingerprint density at radius 2 is 2.13 bits per heavy atom. The third-order valence-electron chi connectivity index (χ3n) is 2.47. The normalized spacial score (nSPS) is 14.7. The molecule has 1 aromatic carbocycles. The maximum absolute atomic E-state index is 10.9. The van der Waals surface area contributed by atoms with E-state index in [1.807, 2.05) is 24.3 Å². The number of rotatable bonds is 4. The summed E-state index contributed by atoms with van der Waals surface area (Å²) in [7, 11) is 0. The molecule has 0 bridgehead atoms. The summed E-state index contributed by atoms with van der Waals surface area (Å²) in [6, 6.07) is 7.82. The van der Waals surface area contributed by atoms with Crippen molar-refractivity contribution in [3.8, 4) is 0 Å². The van der Waals surface area contributed by atoms with Crippen LogP contribution in [0.1, 0.15) is 19.8 Å². The molecule has 2 rings (SSSR count). The summed E-state index contributed by atoms with van der Waals surface area (Å²) in [6.07, 6.45) is 2.69. The predicted molar refractivity (Wildman–Crippen MR) is 62.0 cm³/mol.